The van der Waals surface area contributed by atoms with Crippen molar-refractivity contribution >= 4 is 26.9 Å². The number of hydrogen-bond acceptors (Lipinski definition) is 4. The Balaban J connectivity index is 0.000000786. The van der Waals surface area contributed by atoms with Gasteiger partial charge in [0, 0.05) is 23.4 Å². The fourth-order valence-corrected chi connectivity index (χ4v) is 5.25. The summed E-state index contributed by atoms with van der Waals surface area (Å²) in [6.45, 7) is 3.54. The topological polar surface area (TPSA) is 105 Å². The number of pyridine rings is 1. The highest BCUT2D eigenvalue weighted by molar-refractivity contribution is 7.91. The largest absolute Gasteiger partial charge is 0.503 e. The molecule has 0 saturated heterocycles. The third-order valence-electron chi connectivity index (χ3n) is 7.54. The normalized spacial score (nSPS) is 13.9. The van der Waals surface area contributed by atoms with E-state index in [0.29, 0.717) is 0 Å². The predicted molar refractivity (Wildman–Crippen MR) is 152 cm³/mol. The van der Waals surface area contributed by atoms with Gasteiger partial charge < -0.3 is 10.2 Å². The first-order chi connectivity index (χ1) is 18.0. The molecule has 0 unspecified atom stereocenters. The molecule has 7 heteroatoms. The zero-order chi connectivity index (χ0) is 27.5. The van der Waals surface area contributed by atoms with Crippen LogP contribution < -0.4 is 0 Å². The highest BCUT2D eigenvalue weighted by atomic mass is 32.2. The molecular weight excluding hydrogens is 498 g/mol. The molecule has 0 amide bonds. The Morgan fingerprint density at radius 3 is 2.18 bits per heavy atom. The maximum Gasteiger partial charge on any atom is 0.503 e. The number of rotatable bonds is 6. The molecular formula is C31H33NO5S. The van der Waals surface area contributed by atoms with Crippen molar-refractivity contribution in [1.29, 1.82) is 0 Å². The number of benzene rings is 3. The van der Waals surface area contributed by atoms with Gasteiger partial charge in [-0.3, -0.25) is 4.98 Å². The van der Waals surface area contributed by atoms with E-state index in [0.717, 1.165) is 39.1 Å². The second-order valence-electron chi connectivity index (χ2n) is 10.4. The van der Waals surface area contributed by atoms with Crippen LogP contribution in [0.15, 0.2) is 79.0 Å². The lowest BCUT2D eigenvalue weighted by molar-refractivity contribution is 0.137. The Labute approximate surface area is 223 Å². The van der Waals surface area contributed by atoms with E-state index < -0.39 is 20.7 Å². The standard InChI is InChI=1S/C30H31NO2S.CH2O3/c1-30(2,34(3,32)33)27-19-26-11-6-16-31-29(26)28(20-27)25-10-5-9-24(18-25)23-14-12-22(13-15-23)17-21-7-4-8-21;2-1(3)4/h5-6,9-16,18-21H,4,7-8,17H2,1-3H3;(H2,2,3,4). The lowest BCUT2D eigenvalue weighted by Gasteiger charge is -2.25. The van der Waals surface area contributed by atoms with E-state index in [-0.39, 0.29) is 0 Å². The molecule has 1 fully saturated rings. The number of nitrogens with zero attached hydrogens (tertiary/aromatic N) is 1. The summed E-state index contributed by atoms with van der Waals surface area (Å²) in [5.74, 6) is 0.860. The second kappa shape index (κ2) is 11.0. The molecule has 5 rings (SSSR count). The Hall–Kier alpha value is -3.71. The quantitative estimate of drug-likeness (QED) is 0.268. The van der Waals surface area contributed by atoms with Crippen molar-refractivity contribution in [3.8, 4) is 22.3 Å². The molecule has 38 heavy (non-hydrogen) atoms. The van der Waals surface area contributed by atoms with Gasteiger partial charge in [-0.15, -0.1) is 0 Å². The number of hydrogen-bond donors (Lipinski definition) is 2. The first kappa shape index (κ1) is 27.3. The summed E-state index contributed by atoms with van der Waals surface area (Å²) in [5.41, 5.74) is 7.38. The van der Waals surface area contributed by atoms with Gasteiger partial charge in [-0.25, -0.2) is 13.2 Å². The van der Waals surface area contributed by atoms with Crippen molar-refractivity contribution in [1.82, 2.24) is 4.98 Å². The zero-order valence-electron chi connectivity index (χ0n) is 21.9. The minimum Gasteiger partial charge on any atom is -0.450 e. The maximum absolute atomic E-state index is 12.6. The molecule has 0 spiro atoms. The van der Waals surface area contributed by atoms with Gasteiger partial charge >= 0.3 is 6.16 Å². The van der Waals surface area contributed by atoms with Crippen molar-refractivity contribution in [3.05, 3.63) is 90.1 Å². The van der Waals surface area contributed by atoms with Crippen molar-refractivity contribution in [2.45, 2.75) is 44.3 Å². The van der Waals surface area contributed by atoms with Crippen LogP contribution in [0.25, 0.3) is 33.2 Å². The Morgan fingerprint density at radius 2 is 1.58 bits per heavy atom. The summed E-state index contributed by atoms with van der Waals surface area (Å²) in [7, 11) is -3.31. The number of fused-ring (bicyclic) bond motifs is 1. The molecule has 1 aromatic heterocycles. The summed E-state index contributed by atoms with van der Waals surface area (Å²) in [4.78, 5) is 13.2. The van der Waals surface area contributed by atoms with Crippen LogP contribution in [0.5, 0.6) is 0 Å². The Morgan fingerprint density at radius 1 is 0.921 bits per heavy atom. The monoisotopic (exact) mass is 531 g/mol. The molecule has 0 aliphatic heterocycles. The van der Waals surface area contributed by atoms with Crippen LogP contribution in [0.4, 0.5) is 4.79 Å². The molecule has 1 heterocycles. The van der Waals surface area contributed by atoms with E-state index in [4.69, 9.17) is 15.0 Å². The molecule has 0 atom stereocenters. The van der Waals surface area contributed by atoms with Gasteiger partial charge in [-0.2, -0.15) is 0 Å². The number of aromatic nitrogens is 1. The van der Waals surface area contributed by atoms with Crippen LogP contribution in [0.1, 0.15) is 44.2 Å². The number of carboxylic acid groups (broad SMARTS) is 2. The number of sulfone groups is 1. The fraction of sp³-hybridized carbons (Fsp3) is 0.290. The van der Waals surface area contributed by atoms with Crippen LogP contribution in [-0.4, -0.2) is 36.0 Å². The molecule has 4 aromatic rings. The first-order valence-electron chi connectivity index (χ1n) is 12.7. The van der Waals surface area contributed by atoms with Gasteiger partial charge in [0.2, 0.25) is 0 Å². The molecule has 6 nitrogen and oxygen atoms in total. The van der Waals surface area contributed by atoms with Gasteiger partial charge in [0.1, 0.15) is 0 Å². The highest BCUT2D eigenvalue weighted by Gasteiger charge is 2.33. The van der Waals surface area contributed by atoms with Gasteiger partial charge in [-0.1, -0.05) is 67.8 Å². The van der Waals surface area contributed by atoms with E-state index in [1.165, 1.54) is 43.1 Å². The molecule has 0 bridgehead atoms. The van der Waals surface area contributed by atoms with E-state index in [2.05, 4.69) is 53.5 Å². The Bertz CT molecular complexity index is 1550. The predicted octanol–water partition coefficient (Wildman–Crippen LogP) is 7.41. The van der Waals surface area contributed by atoms with Gasteiger partial charge in [0.05, 0.1) is 10.3 Å². The van der Waals surface area contributed by atoms with E-state index in [1.54, 1.807) is 20.0 Å². The average molecular weight is 532 g/mol. The zero-order valence-corrected chi connectivity index (χ0v) is 22.7. The molecule has 1 aliphatic rings. The molecule has 3 aromatic carbocycles. The van der Waals surface area contributed by atoms with Gasteiger partial charge in [0.25, 0.3) is 0 Å². The van der Waals surface area contributed by atoms with E-state index in [1.807, 2.05) is 24.3 Å². The summed E-state index contributed by atoms with van der Waals surface area (Å²) < 4.78 is 24.2. The third kappa shape index (κ3) is 6.05. The highest BCUT2D eigenvalue weighted by Crippen LogP contribution is 2.37. The SMILES string of the molecule is CC(C)(c1cc(-c2cccc(-c3ccc(CC4CCC4)cc3)c2)c2ncccc2c1)S(C)(=O)=O.O=C(O)O. The average Bonchev–Trinajstić information content (AvgIpc) is 2.85. The Kier molecular flexibility index (Phi) is 7.88. The van der Waals surface area contributed by atoms with Crippen LogP contribution in [0.3, 0.4) is 0 Å². The van der Waals surface area contributed by atoms with Gasteiger partial charge in [-0.05, 0) is 78.3 Å². The summed E-state index contributed by atoms with van der Waals surface area (Å²) in [6.07, 6.45) is 6.54. The summed E-state index contributed by atoms with van der Waals surface area (Å²) in [5, 5.41) is 14.9. The molecule has 198 valence electrons. The third-order valence-corrected chi connectivity index (χ3v) is 9.63. The van der Waals surface area contributed by atoms with Crippen LogP contribution in [-0.2, 0) is 21.0 Å². The molecule has 1 aliphatic carbocycles. The lowest BCUT2D eigenvalue weighted by Crippen LogP contribution is -2.28. The smallest absolute Gasteiger partial charge is 0.450 e. The molecule has 0 radical (unpaired) electrons. The van der Waals surface area contributed by atoms with E-state index >= 15 is 0 Å². The minimum atomic E-state index is -3.31. The lowest BCUT2D eigenvalue weighted by atomic mass is 9.81. The van der Waals surface area contributed by atoms with Crippen molar-refractivity contribution in [3.63, 3.8) is 0 Å². The molecule has 2 N–H and O–H groups in total. The maximum atomic E-state index is 12.6. The number of carbonyl (C=O) groups is 1. The molecule has 1 saturated carbocycles. The fourth-order valence-electron chi connectivity index (χ4n) is 4.70. The van der Waals surface area contributed by atoms with Crippen LogP contribution in [0.2, 0.25) is 0 Å². The van der Waals surface area contributed by atoms with E-state index in [9.17, 15) is 8.42 Å². The van der Waals surface area contributed by atoms with Crippen LogP contribution >= 0.6 is 0 Å². The first-order valence-corrected chi connectivity index (χ1v) is 14.6. The summed E-state index contributed by atoms with van der Waals surface area (Å²) >= 11 is 0. The minimum absolute atomic E-state index is 0.774. The van der Waals surface area contributed by atoms with Crippen LogP contribution in [0, 0.1) is 5.92 Å². The summed E-state index contributed by atoms with van der Waals surface area (Å²) in [6, 6.07) is 25.2. The van der Waals surface area contributed by atoms with Crippen molar-refractivity contribution in [2.75, 3.05) is 6.26 Å². The van der Waals surface area contributed by atoms with Crippen molar-refractivity contribution < 1.29 is 23.4 Å². The van der Waals surface area contributed by atoms with Gasteiger partial charge in [0.15, 0.2) is 9.84 Å². The second-order valence-corrected chi connectivity index (χ2v) is 13.0. The van der Waals surface area contributed by atoms with Crippen molar-refractivity contribution in [2.24, 2.45) is 5.92 Å².